The molecule has 2 aromatic carbocycles. The molecule has 4 heteroatoms. The van der Waals surface area contributed by atoms with E-state index >= 15 is 0 Å². The van der Waals surface area contributed by atoms with Crippen LogP contribution in [0.3, 0.4) is 0 Å². The second-order valence-electron chi connectivity index (χ2n) is 4.91. The summed E-state index contributed by atoms with van der Waals surface area (Å²) >= 11 is 0. The first-order chi connectivity index (χ1) is 10.2. The van der Waals surface area contributed by atoms with Gasteiger partial charge in [-0.2, -0.15) is 5.26 Å². The lowest BCUT2D eigenvalue weighted by Gasteiger charge is -2.14. The van der Waals surface area contributed by atoms with Crippen LogP contribution in [0.4, 0.5) is 11.4 Å². The van der Waals surface area contributed by atoms with Crippen LogP contribution < -0.4 is 15.0 Å². The fourth-order valence-electron chi connectivity index (χ4n) is 2.08. The van der Waals surface area contributed by atoms with Gasteiger partial charge in [-0.05, 0) is 29.8 Å². The molecule has 1 N–H and O–H groups in total. The molecule has 2 rings (SSSR count). The fourth-order valence-corrected chi connectivity index (χ4v) is 2.08. The summed E-state index contributed by atoms with van der Waals surface area (Å²) in [5, 5.41) is 12.5. The SMILES string of the molecule is COc1cccc(C#N)c1NCc1ccc(N(C)C)cc1. The van der Waals surface area contributed by atoms with Gasteiger partial charge in [-0.3, -0.25) is 0 Å². The highest BCUT2D eigenvalue weighted by molar-refractivity contribution is 5.66. The van der Waals surface area contributed by atoms with E-state index in [4.69, 9.17) is 4.74 Å². The topological polar surface area (TPSA) is 48.3 Å². The van der Waals surface area contributed by atoms with Gasteiger partial charge >= 0.3 is 0 Å². The minimum absolute atomic E-state index is 0.583. The third-order valence-electron chi connectivity index (χ3n) is 3.29. The molecule has 0 unspecified atom stereocenters. The normalized spacial score (nSPS) is 9.81. The van der Waals surface area contributed by atoms with Crippen LogP contribution in [0.25, 0.3) is 0 Å². The van der Waals surface area contributed by atoms with Crippen LogP contribution in [0.5, 0.6) is 5.75 Å². The Morgan fingerprint density at radius 1 is 1.14 bits per heavy atom. The zero-order valence-corrected chi connectivity index (χ0v) is 12.6. The van der Waals surface area contributed by atoms with Gasteiger partial charge in [-0.15, -0.1) is 0 Å². The van der Waals surface area contributed by atoms with Crippen LogP contribution in [0.2, 0.25) is 0 Å². The first-order valence-electron chi connectivity index (χ1n) is 6.73. The van der Waals surface area contributed by atoms with Crippen LogP contribution >= 0.6 is 0 Å². The van der Waals surface area contributed by atoms with Gasteiger partial charge in [0, 0.05) is 26.3 Å². The molecule has 0 spiro atoms. The quantitative estimate of drug-likeness (QED) is 0.914. The summed E-state index contributed by atoms with van der Waals surface area (Å²) in [6.45, 7) is 0.642. The zero-order valence-electron chi connectivity index (χ0n) is 12.6. The molecule has 2 aromatic rings. The Balaban J connectivity index is 2.15. The standard InChI is InChI=1S/C17H19N3O/c1-20(2)15-9-7-13(8-10-15)12-19-17-14(11-18)5-4-6-16(17)21-3/h4-10,19H,12H2,1-3H3. The van der Waals surface area contributed by atoms with Gasteiger partial charge in [-0.25, -0.2) is 0 Å². The van der Waals surface area contributed by atoms with Gasteiger partial charge in [0.15, 0.2) is 0 Å². The molecule has 0 radical (unpaired) electrons. The van der Waals surface area contributed by atoms with Gasteiger partial charge < -0.3 is 15.0 Å². The van der Waals surface area contributed by atoms with E-state index in [1.165, 1.54) is 0 Å². The molecule has 0 saturated heterocycles. The summed E-state index contributed by atoms with van der Waals surface area (Å²) < 4.78 is 5.31. The van der Waals surface area contributed by atoms with E-state index in [1.807, 2.05) is 26.2 Å². The third-order valence-corrected chi connectivity index (χ3v) is 3.29. The molecular weight excluding hydrogens is 262 g/mol. The predicted molar refractivity (Wildman–Crippen MR) is 85.8 cm³/mol. The Labute approximate surface area is 125 Å². The van der Waals surface area contributed by atoms with Crippen molar-refractivity contribution in [2.45, 2.75) is 6.54 Å². The molecule has 108 valence electrons. The van der Waals surface area contributed by atoms with Crippen molar-refractivity contribution in [3.05, 3.63) is 53.6 Å². The number of para-hydroxylation sites is 1. The van der Waals surface area contributed by atoms with Crippen molar-refractivity contribution in [3.8, 4) is 11.8 Å². The molecule has 4 nitrogen and oxygen atoms in total. The molecule has 0 saturated carbocycles. The number of ether oxygens (including phenoxy) is 1. The second kappa shape index (κ2) is 6.67. The lowest BCUT2D eigenvalue weighted by Crippen LogP contribution is -2.08. The van der Waals surface area contributed by atoms with Crippen molar-refractivity contribution in [1.29, 1.82) is 5.26 Å². The van der Waals surface area contributed by atoms with Crippen LogP contribution in [0, 0.1) is 11.3 Å². The summed E-state index contributed by atoms with van der Waals surface area (Å²) in [5.74, 6) is 0.680. The highest BCUT2D eigenvalue weighted by Gasteiger charge is 2.08. The summed E-state index contributed by atoms with van der Waals surface area (Å²) in [6.07, 6.45) is 0. The monoisotopic (exact) mass is 281 g/mol. The Hall–Kier alpha value is -2.67. The maximum atomic E-state index is 9.18. The lowest BCUT2D eigenvalue weighted by atomic mass is 10.1. The predicted octanol–water partition coefficient (Wildman–Crippen LogP) is 3.24. The first-order valence-corrected chi connectivity index (χ1v) is 6.73. The minimum atomic E-state index is 0.583. The van der Waals surface area contributed by atoms with Crippen molar-refractivity contribution >= 4 is 11.4 Å². The number of rotatable bonds is 5. The van der Waals surface area contributed by atoms with E-state index in [-0.39, 0.29) is 0 Å². The molecule has 0 aliphatic carbocycles. The number of anilines is 2. The largest absolute Gasteiger partial charge is 0.495 e. The fraction of sp³-hybridized carbons (Fsp3) is 0.235. The molecule has 0 fully saturated rings. The van der Waals surface area contributed by atoms with Gasteiger partial charge in [0.25, 0.3) is 0 Å². The Morgan fingerprint density at radius 2 is 1.86 bits per heavy atom. The van der Waals surface area contributed by atoms with E-state index < -0.39 is 0 Å². The Kier molecular flexibility index (Phi) is 4.68. The van der Waals surface area contributed by atoms with E-state index in [1.54, 1.807) is 13.2 Å². The van der Waals surface area contributed by atoms with Crippen molar-refractivity contribution in [2.75, 3.05) is 31.4 Å². The molecule has 21 heavy (non-hydrogen) atoms. The molecule has 0 bridgehead atoms. The van der Waals surface area contributed by atoms with Gasteiger partial charge in [-0.1, -0.05) is 18.2 Å². The first kappa shape index (κ1) is 14.7. The average molecular weight is 281 g/mol. The van der Waals surface area contributed by atoms with Crippen molar-refractivity contribution in [2.24, 2.45) is 0 Å². The van der Waals surface area contributed by atoms with E-state index in [0.717, 1.165) is 16.9 Å². The van der Waals surface area contributed by atoms with Crippen molar-refractivity contribution < 1.29 is 4.74 Å². The Morgan fingerprint density at radius 3 is 2.43 bits per heavy atom. The third kappa shape index (κ3) is 3.46. The zero-order chi connectivity index (χ0) is 15.2. The maximum absolute atomic E-state index is 9.18. The molecule has 0 atom stereocenters. The molecule has 0 aliphatic heterocycles. The Bertz CT molecular complexity index is 642. The molecule has 0 aliphatic rings. The summed E-state index contributed by atoms with van der Waals surface area (Å²) in [4.78, 5) is 2.06. The average Bonchev–Trinajstić information content (AvgIpc) is 2.52. The molecule has 0 aromatic heterocycles. The van der Waals surface area contributed by atoms with Gasteiger partial charge in [0.2, 0.25) is 0 Å². The summed E-state index contributed by atoms with van der Waals surface area (Å²) in [7, 11) is 5.64. The number of methoxy groups -OCH3 is 1. The smallest absolute Gasteiger partial charge is 0.143 e. The van der Waals surface area contributed by atoms with Crippen LogP contribution in [-0.2, 0) is 6.54 Å². The van der Waals surface area contributed by atoms with E-state index in [2.05, 4.69) is 40.6 Å². The number of benzene rings is 2. The molecular formula is C17H19N3O. The van der Waals surface area contributed by atoms with Gasteiger partial charge in [0.1, 0.15) is 11.8 Å². The van der Waals surface area contributed by atoms with Crippen LogP contribution in [0.15, 0.2) is 42.5 Å². The molecule has 0 heterocycles. The number of nitrogens with zero attached hydrogens (tertiary/aromatic N) is 2. The van der Waals surface area contributed by atoms with Crippen LogP contribution in [0.1, 0.15) is 11.1 Å². The minimum Gasteiger partial charge on any atom is -0.495 e. The summed E-state index contributed by atoms with van der Waals surface area (Å²) in [5.41, 5.74) is 3.63. The van der Waals surface area contributed by atoms with E-state index in [0.29, 0.717) is 17.9 Å². The highest BCUT2D eigenvalue weighted by atomic mass is 16.5. The van der Waals surface area contributed by atoms with Crippen molar-refractivity contribution in [1.82, 2.24) is 0 Å². The number of hydrogen-bond donors (Lipinski definition) is 1. The number of nitriles is 1. The highest BCUT2D eigenvalue weighted by Crippen LogP contribution is 2.28. The second-order valence-corrected chi connectivity index (χ2v) is 4.91. The lowest BCUT2D eigenvalue weighted by molar-refractivity contribution is 0.416. The number of nitrogens with one attached hydrogen (secondary N) is 1. The maximum Gasteiger partial charge on any atom is 0.143 e. The number of hydrogen-bond acceptors (Lipinski definition) is 4. The van der Waals surface area contributed by atoms with Crippen molar-refractivity contribution in [3.63, 3.8) is 0 Å². The molecule has 0 amide bonds. The van der Waals surface area contributed by atoms with Gasteiger partial charge in [0.05, 0.1) is 18.4 Å². The summed E-state index contributed by atoms with van der Waals surface area (Å²) in [6, 6.07) is 15.9. The van der Waals surface area contributed by atoms with Crippen LogP contribution in [-0.4, -0.2) is 21.2 Å². The van der Waals surface area contributed by atoms with E-state index in [9.17, 15) is 5.26 Å².